The Morgan fingerprint density at radius 2 is 1.31 bits per heavy atom. The largest absolute Gasteiger partial charge is 0.276 e. The molecular formula is C29H41F3. The van der Waals surface area contributed by atoms with E-state index in [-0.39, 0.29) is 17.3 Å². The van der Waals surface area contributed by atoms with Crippen LogP contribution in [0.2, 0.25) is 0 Å². The third-order valence-corrected chi connectivity index (χ3v) is 7.15. The van der Waals surface area contributed by atoms with E-state index in [1.54, 1.807) is 31.2 Å². The molecule has 0 N–H and O–H groups in total. The molecule has 2 aromatic carbocycles. The monoisotopic (exact) mass is 446 g/mol. The lowest BCUT2D eigenvalue weighted by atomic mass is 9.65. The van der Waals surface area contributed by atoms with Crippen molar-refractivity contribution in [3.63, 3.8) is 0 Å². The first-order chi connectivity index (χ1) is 15.4. The molecule has 2 aliphatic rings. The van der Waals surface area contributed by atoms with Crippen LogP contribution in [0.4, 0.5) is 13.2 Å². The van der Waals surface area contributed by atoms with E-state index in [0.717, 1.165) is 18.8 Å². The highest BCUT2D eigenvalue weighted by atomic mass is 19.3. The molecule has 0 heterocycles. The normalized spacial score (nSPS) is 24.9. The molecule has 2 atom stereocenters. The predicted molar refractivity (Wildman–Crippen MR) is 130 cm³/mol. The summed E-state index contributed by atoms with van der Waals surface area (Å²) in [5.41, 5.74) is 2.55. The van der Waals surface area contributed by atoms with Crippen LogP contribution in [0.1, 0.15) is 107 Å². The minimum Gasteiger partial charge on any atom is -0.207 e. The van der Waals surface area contributed by atoms with E-state index in [0.29, 0.717) is 29.9 Å². The number of rotatable bonds is 4. The van der Waals surface area contributed by atoms with Gasteiger partial charge in [-0.2, -0.15) is 0 Å². The summed E-state index contributed by atoms with van der Waals surface area (Å²) < 4.78 is 44.4. The first-order valence-electron chi connectivity index (χ1n) is 12.6. The van der Waals surface area contributed by atoms with Gasteiger partial charge in [0, 0.05) is 11.5 Å². The summed E-state index contributed by atoms with van der Waals surface area (Å²) in [6.07, 6.45) is 5.93. The molecule has 32 heavy (non-hydrogen) atoms. The number of halogens is 3. The molecule has 0 aliphatic heterocycles. The van der Waals surface area contributed by atoms with Crippen LogP contribution in [0.5, 0.6) is 0 Å². The van der Waals surface area contributed by atoms with Crippen LogP contribution in [-0.4, -0.2) is 0 Å². The van der Waals surface area contributed by atoms with Crippen LogP contribution in [0.15, 0.2) is 42.5 Å². The maximum Gasteiger partial charge on any atom is 0.276 e. The van der Waals surface area contributed by atoms with Gasteiger partial charge in [0.1, 0.15) is 5.82 Å². The molecule has 178 valence electrons. The summed E-state index contributed by atoms with van der Waals surface area (Å²) in [7, 11) is 0. The standard InChI is InChI=1S/C25H29F3.2C2H6/c1-16-3-6-18(7-4-16)19-9-11-21(12-10-19)25(27,28)23-14-13-22(23)20-8-5-17(2)24(26)15-20;2*1-2/h5,8-12,15-16,18,22-23H,3-4,6-7,13-14H2,1-2H3;2*1-2H3/t16?,18?,22-,23?;;/m1../s1. The van der Waals surface area contributed by atoms with Crippen molar-refractivity contribution in [2.24, 2.45) is 11.8 Å². The molecule has 2 saturated carbocycles. The fourth-order valence-electron chi connectivity index (χ4n) is 4.96. The zero-order chi connectivity index (χ0) is 23.9. The molecule has 0 nitrogen and oxygen atoms in total. The van der Waals surface area contributed by atoms with E-state index < -0.39 is 11.8 Å². The Morgan fingerprint density at radius 3 is 1.81 bits per heavy atom. The molecule has 0 spiro atoms. The molecule has 0 saturated heterocycles. The lowest BCUT2D eigenvalue weighted by molar-refractivity contribution is -0.106. The average Bonchev–Trinajstić information content (AvgIpc) is 2.79. The maximum absolute atomic E-state index is 15.2. The first kappa shape index (κ1) is 26.5. The minimum atomic E-state index is -2.89. The van der Waals surface area contributed by atoms with Crippen LogP contribution < -0.4 is 0 Å². The van der Waals surface area contributed by atoms with Gasteiger partial charge in [0.15, 0.2) is 0 Å². The van der Waals surface area contributed by atoms with E-state index in [9.17, 15) is 4.39 Å². The molecule has 0 radical (unpaired) electrons. The minimum absolute atomic E-state index is 0.0997. The lowest BCUT2D eigenvalue weighted by Crippen LogP contribution is -2.38. The number of hydrogen-bond donors (Lipinski definition) is 0. The Morgan fingerprint density at radius 1 is 0.750 bits per heavy atom. The fraction of sp³-hybridized carbons (Fsp3) is 0.586. The number of hydrogen-bond acceptors (Lipinski definition) is 0. The summed E-state index contributed by atoms with van der Waals surface area (Å²) in [5.74, 6) is -2.93. The number of alkyl halides is 2. The van der Waals surface area contributed by atoms with Crippen molar-refractivity contribution < 1.29 is 13.2 Å². The third-order valence-electron chi connectivity index (χ3n) is 7.15. The average molecular weight is 447 g/mol. The van der Waals surface area contributed by atoms with E-state index >= 15 is 8.78 Å². The SMILES string of the molecule is CC.CC.Cc1ccc([C@H]2CCC2C(F)(F)c2ccc(C3CCC(C)CC3)cc2)cc1F. The molecule has 2 fully saturated rings. The number of benzene rings is 2. The van der Waals surface area contributed by atoms with Crippen molar-refractivity contribution in [2.75, 3.05) is 0 Å². The van der Waals surface area contributed by atoms with Gasteiger partial charge in [0.05, 0.1) is 0 Å². The topological polar surface area (TPSA) is 0 Å². The summed E-state index contributed by atoms with van der Waals surface area (Å²) >= 11 is 0. The van der Waals surface area contributed by atoms with Crippen molar-refractivity contribution >= 4 is 0 Å². The van der Waals surface area contributed by atoms with Crippen molar-refractivity contribution in [1.29, 1.82) is 0 Å². The predicted octanol–water partition coefficient (Wildman–Crippen LogP) is 9.77. The molecule has 2 aromatic rings. The Kier molecular flexibility index (Phi) is 9.85. The molecule has 1 unspecified atom stereocenters. The molecular weight excluding hydrogens is 405 g/mol. The molecule has 4 rings (SSSR count). The second-order valence-corrected chi connectivity index (χ2v) is 9.00. The molecule has 2 aliphatic carbocycles. The van der Waals surface area contributed by atoms with E-state index in [1.807, 2.05) is 39.8 Å². The Bertz CT molecular complexity index is 817. The van der Waals surface area contributed by atoms with Crippen molar-refractivity contribution in [3.8, 4) is 0 Å². The van der Waals surface area contributed by atoms with E-state index in [4.69, 9.17) is 0 Å². The second kappa shape index (κ2) is 11.9. The zero-order valence-electron chi connectivity index (χ0n) is 20.7. The van der Waals surface area contributed by atoms with Gasteiger partial charge >= 0.3 is 0 Å². The molecule has 3 heteroatoms. The van der Waals surface area contributed by atoms with Crippen LogP contribution in [-0.2, 0) is 5.92 Å². The summed E-state index contributed by atoms with van der Waals surface area (Å²) in [6.45, 7) is 12.0. The van der Waals surface area contributed by atoms with Crippen LogP contribution >= 0.6 is 0 Å². The zero-order valence-corrected chi connectivity index (χ0v) is 20.7. The van der Waals surface area contributed by atoms with E-state index in [1.165, 1.54) is 24.5 Å². The van der Waals surface area contributed by atoms with Gasteiger partial charge in [-0.05, 0) is 73.1 Å². The Labute approximate surface area is 193 Å². The maximum atomic E-state index is 15.2. The van der Waals surface area contributed by atoms with Crippen molar-refractivity contribution in [1.82, 2.24) is 0 Å². The molecule has 0 aromatic heterocycles. The van der Waals surface area contributed by atoms with Crippen molar-refractivity contribution in [3.05, 3.63) is 70.5 Å². The highest BCUT2D eigenvalue weighted by Crippen LogP contribution is 2.54. The lowest BCUT2D eigenvalue weighted by Gasteiger charge is -2.42. The van der Waals surface area contributed by atoms with Gasteiger partial charge in [0.25, 0.3) is 5.92 Å². The van der Waals surface area contributed by atoms with Crippen molar-refractivity contribution in [2.45, 2.75) is 97.8 Å². The third kappa shape index (κ3) is 5.77. The fourth-order valence-corrected chi connectivity index (χ4v) is 4.96. The quantitative estimate of drug-likeness (QED) is 0.438. The first-order valence-corrected chi connectivity index (χ1v) is 12.6. The highest BCUT2D eigenvalue weighted by Gasteiger charge is 2.50. The van der Waals surface area contributed by atoms with Gasteiger partial charge < -0.3 is 0 Å². The van der Waals surface area contributed by atoms with Crippen LogP contribution in [0.3, 0.4) is 0 Å². The smallest absolute Gasteiger partial charge is 0.207 e. The molecule has 0 bridgehead atoms. The van der Waals surface area contributed by atoms with Crippen LogP contribution in [0.25, 0.3) is 0 Å². The highest BCUT2D eigenvalue weighted by molar-refractivity contribution is 5.33. The summed E-state index contributed by atoms with van der Waals surface area (Å²) in [4.78, 5) is 0. The Balaban J connectivity index is 0.000000860. The summed E-state index contributed by atoms with van der Waals surface area (Å²) in [5, 5.41) is 0. The van der Waals surface area contributed by atoms with Gasteiger partial charge in [-0.15, -0.1) is 0 Å². The van der Waals surface area contributed by atoms with Crippen LogP contribution in [0, 0.1) is 24.6 Å². The van der Waals surface area contributed by atoms with Gasteiger partial charge in [-0.1, -0.05) is 83.9 Å². The van der Waals surface area contributed by atoms with Gasteiger partial charge in [-0.25, -0.2) is 13.2 Å². The molecule has 0 amide bonds. The van der Waals surface area contributed by atoms with E-state index in [2.05, 4.69) is 6.92 Å². The number of aryl methyl sites for hydroxylation is 1. The Hall–Kier alpha value is -1.77. The van der Waals surface area contributed by atoms with Gasteiger partial charge in [-0.3, -0.25) is 0 Å². The second-order valence-electron chi connectivity index (χ2n) is 9.00. The van der Waals surface area contributed by atoms with Gasteiger partial charge in [0.2, 0.25) is 0 Å². The summed E-state index contributed by atoms with van der Waals surface area (Å²) in [6, 6.07) is 12.0.